The molecular formula is C13H17N5O. The average molecular weight is 259 g/mol. The minimum atomic E-state index is 0.0502. The molecule has 19 heavy (non-hydrogen) atoms. The molecule has 1 aromatic rings. The molecule has 1 amide bonds. The topological polar surface area (TPSA) is 70.2 Å². The Kier molecular flexibility index (Phi) is 2.29. The van der Waals surface area contributed by atoms with E-state index in [1.807, 2.05) is 0 Å². The number of carbonyl (C=O) groups excluding carboxylic acids is 1. The molecule has 6 heteroatoms. The molecule has 2 unspecified atom stereocenters. The smallest absolute Gasteiger partial charge is 0.226 e. The van der Waals surface area contributed by atoms with Crippen molar-refractivity contribution in [3.05, 3.63) is 11.9 Å². The Bertz CT molecular complexity index is 546. The summed E-state index contributed by atoms with van der Waals surface area (Å²) in [7, 11) is 0. The number of carbonyl (C=O) groups is 1. The largest absolute Gasteiger partial charge is 0.350 e. The van der Waals surface area contributed by atoms with Crippen molar-refractivity contribution in [3.63, 3.8) is 0 Å². The summed E-state index contributed by atoms with van der Waals surface area (Å²) >= 11 is 0. The lowest BCUT2D eigenvalue weighted by Gasteiger charge is -2.33. The van der Waals surface area contributed by atoms with Gasteiger partial charge in [-0.25, -0.2) is 9.97 Å². The third-order valence-corrected chi connectivity index (χ3v) is 4.29. The first kappa shape index (κ1) is 11.2. The van der Waals surface area contributed by atoms with E-state index in [2.05, 4.69) is 32.4 Å². The zero-order valence-electron chi connectivity index (χ0n) is 10.9. The first-order chi connectivity index (χ1) is 9.24. The summed E-state index contributed by atoms with van der Waals surface area (Å²) in [6.07, 6.45) is 3.28. The van der Waals surface area contributed by atoms with Crippen molar-refractivity contribution >= 4 is 17.5 Å². The van der Waals surface area contributed by atoms with E-state index in [4.69, 9.17) is 0 Å². The van der Waals surface area contributed by atoms with Crippen LogP contribution >= 0.6 is 0 Å². The second-order valence-corrected chi connectivity index (χ2v) is 5.67. The number of hydrogen-bond acceptors (Lipinski definition) is 5. The molecule has 6 nitrogen and oxygen atoms in total. The maximum Gasteiger partial charge on any atom is 0.226 e. The lowest BCUT2D eigenvalue weighted by Crippen LogP contribution is -2.44. The summed E-state index contributed by atoms with van der Waals surface area (Å²) in [6, 6.07) is 1.19. The monoisotopic (exact) mass is 259 g/mol. The first-order valence-electron chi connectivity index (χ1n) is 6.89. The summed E-state index contributed by atoms with van der Waals surface area (Å²) < 4.78 is 0. The highest BCUT2D eigenvalue weighted by Gasteiger charge is 2.46. The van der Waals surface area contributed by atoms with Crippen LogP contribution in [0.25, 0.3) is 0 Å². The van der Waals surface area contributed by atoms with E-state index < -0.39 is 0 Å². The van der Waals surface area contributed by atoms with Crippen molar-refractivity contribution in [1.82, 2.24) is 15.3 Å². The molecular weight excluding hydrogens is 242 g/mol. The number of piperazine rings is 1. The van der Waals surface area contributed by atoms with Crippen LogP contribution in [0.15, 0.2) is 6.33 Å². The van der Waals surface area contributed by atoms with Gasteiger partial charge in [0.1, 0.15) is 18.0 Å². The number of fused-ring (bicyclic) bond motifs is 2. The van der Waals surface area contributed by atoms with Gasteiger partial charge in [-0.1, -0.05) is 6.92 Å². The molecule has 4 rings (SSSR count). The van der Waals surface area contributed by atoms with Crippen molar-refractivity contribution in [2.75, 3.05) is 23.3 Å². The van der Waals surface area contributed by atoms with Crippen molar-refractivity contribution in [2.45, 2.75) is 37.8 Å². The normalized spacial score (nSPS) is 32.4. The zero-order chi connectivity index (χ0) is 13.0. The lowest BCUT2D eigenvalue weighted by molar-refractivity contribution is -0.116. The molecule has 2 aliphatic heterocycles. The minimum Gasteiger partial charge on any atom is -0.350 e. The van der Waals surface area contributed by atoms with Gasteiger partial charge in [0.15, 0.2) is 0 Å². The Morgan fingerprint density at radius 2 is 2.32 bits per heavy atom. The highest BCUT2D eigenvalue weighted by atomic mass is 16.1. The number of amides is 1. The Labute approximate surface area is 111 Å². The van der Waals surface area contributed by atoms with Gasteiger partial charge in [0.25, 0.3) is 0 Å². The Morgan fingerprint density at radius 3 is 3.21 bits per heavy atom. The predicted molar refractivity (Wildman–Crippen MR) is 71.2 cm³/mol. The fourth-order valence-electron chi connectivity index (χ4n) is 3.28. The van der Waals surface area contributed by atoms with Gasteiger partial charge in [-0.15, -0.1) is 0 Å². The molecule has 0 bridgehead atoms. The number of hydrogen-bond donors (Lipinski definition) is 2. The number of nitrogens with zero attached hydrogens (tertiary/aromatic N) is 3. The van der Waals surface area contributed by atoms with Crippen LogP contribution in [0.2, 0.25) is 0 Å². The van der Waals surface area contributed by atoms with Crippen LogP contribution in [0.4, 0.5) is 11.6 Å². The van der Waals surface area contributed by atoms with Gasteiger partial charge in [0, 0.05) is 37.2 Å². The molecule has 0 spiro atoms. The van der Waals surface area contributed by atoms with E-state index in [-0.39, 0.29) is 11.8 Å². The number of aromatic nitrogens is 2. The summed E-state index contributed by atoms with van der Waals surface area (Å²) in [5, 5.41) is 6.37. The fourth-order valence-corrected chi connectivity index (χ4v) is 3.28. The average Bonchev–Trinajstić information content (AvgIpc) is 3.16. The first-order valence-corrected chi connectivity index (χ1v) is 6.89. The summed E-state index contributed by atoms with van der Waals surface area (Å²) in [4.78, 5) is 22.7. The van der Waals surface area contributed by atoms with Gasteiger partial charge in [0.05, 0.1) is 0 Å². The number of rotatable bonds is 1. The molecule has 3 heterocycles. The van der Waals surface area contributed by atoms with E-state index >= 15 is 0 Å². The highest BCUT2D eigenvalue weighted by molar-refractivity contribution is 5.94. The maximum atomic E-state index is 11.6. The van der Waals surface area contributed by atoms with Crippen LogP contribution in [-0.2, 0) is 4.79 Å². The summed E-state index contributed by atoms with van der Waals surface area (Å²) in [6.45, 7) is 4.06. The van der Waals surface area contributed by atoms with Crippen molar-refractivity contribution < 1.29 is 4.79 Å². The number of nitrogens with one attached hydrogen (secondary N) is 2. The van der Waals surface area contributed by atoms with Crippen molar-refractivity contribution in [1.29, 1.82) is 0 Å². The number of anilines is 2. The van der Waals surface area contributed by atoms with Crippen LogP contribution in [0.1, 0.15) is 31.2 Å². The third kappa shape index (κ3) is 1.70. The quantitative estimate of drug-likeness (QED) is 0.767. The van der Waals surface area contributed by atoms with E-state index in [9.17, 15) is 4.79 Å². The van der Waals surface area contributed by atoms with Crippen LogP contribution < -0.4 is 15.5 Å². The van der Waals surface area contributed by atoms with Crippen molar-refractivity contribution in [3.8, 4) is 0 Å². The van der Waals surface area contributed by atoms with Gasteiger partial charge in [-0.2, -0.15) is 0 Å². The molecule has 1 saturated heterocycles. The molecule has 3 atom stereocenters. The van der Waals surface area contributed by atoms with Crippen molar-refractivity contribution in [2.24, 2.45) is 0 Å². The lowest BCUT2D eigenvalue weighted by atomic mass is 9.94. The Balaban J connectivity index is 1.76. The fraction of sp³-hybridized carbons (Fsp3) is 0.615. The van der Waals surface area contributed by atoms with Crippen LogP contribution in [0.5, 0.6) is 0 Å². The van der Waals surface area contributed by atoms with E-state index in [1.165, 1.54) is 6.42 Å². The molecule has 0 radical (unpaired) electrons. The van der Waals surface area contributed by atoms with Gasteiger partial charge in [0.2, 0.25) is 5.91 Å². The minimum absolute atomic E-state index is 0.0502. The van der Waals surface area contributed by atoms with Crippen LogP contribution in [0, 0.1) is 0 Å². The standard InChI is InChI=1S/C13H17N5O/c1-7-4-10(19)17-12-11(7)13(16-6-15-12)18-3-2-14-8-5-9(8)18/h6-9,14H,2-5H2,1H3,(H,15,16,17,19)/t7-,8?,9?/m0/s1. The van der Waals surface area contributed by atoms with Crippen LogP contribution in [0.3, 0.4) is 0 Å². The zero-order valence-corrected chi connectivity index (χ0v) is 10.9. The second-order valence-electron chi connectivity index (χ2n) is 5.67. The molecule has 3 aliphatic rings. The van der Waals surface area contributed by atoms with Gasteiger partial charge in [-0.3, -0.25) is 4.79 Å². The molecule has 1 aromatic heterocycles. The van der Waals surface area contributed by atoms with E-state index in [1.54, 1.807) is 6.33 Å². The molecule has 100 valence electrons. The molecule has 2 N–H and O–H groups in total. The predicted octanol–water partition coefficient (Wildman–Crippen LogP) is 0.473. The molecule has 1 saturated carbocycles. The molecule has 0 aromatic carbocycles. The Morgan fingerprint density at radius 1 is 1.42 bits per heavy atom. The van der Waals surface area contributed by atoms with Gasteiger partial charge in [-0.05, 0) is 12.3 Å². The molecule has 1 aliphatic carbocycles. The van der Waals surface area contributed by atoms with Crippen LogP contribution in [-0.4, -0.2) is 41.0 Å². The van der Waals surface area contributed by atoms with Gasteiger partial charge >= 0.3 is 0 Å². The SMILES string of the molecule is C[C@H]1CC(=O)Nc2ncnc(N3CCNC4CC43)c21. The van der Waals surface area contributed by atoms with E-state index in [0.29, 0.717) is 24.3 Å². The third-order valence-electron chi connectivity index (χ3n) is 4.29. The summed E-state index contributed by atoms with van der Waals surface area (Å²) in [5.74, 6) is 1.96. The maximum absolute atomic E-state index is 11.6. The van der Waals surface area contributed by atoms with E-state index in [0.717, 1.165) is 24.5 Å². The highest BCUT2D eigenvalue weighted by Crippen LogP contribution is 2.41. The van der Waals surface area contributed by atoms with Gasteiger partial charge < -0.3 is 15.5 Å². The summed E-state index contributed by atoms with van der Waals surface area (Å²) in [5.41, 5.74) is 1.11. The molecule has 2 fully saturated rings. The second kappa shape index (κ2) is 3.90. The Hall–Kier alpha value is -1.69.